The van der Waals surface area contributed by atoms with E-state index in [0.717, 1.165) is 22.6 Å². The molecule has 6 heteroatoms. The van der Waals surface area contributed by atoms with E-state index in [1.165, 1.54) is 0 Å². The van der Waals surface area contributed by atoms with Crippen molar-refractivity contribution in [3.63, 3.8) is 0 Å². The standard InChI is InChI=1S/C22H25ClN4O/c1-14(2)20-19(22(28)25-13-16-7-6-10-24-12-16)21(15(3)4)27(26-20)18-9-5-8-17(23)11-18/h5-12,14-15H,13H2,1-4H3,(H,25,28). The van der Waals surface area contributed by atoms with Gasteiger partial charge in [0.2, 0.25) is 0 Å². The zero-order valence-corrected chi connectivity index (χ0v) is 17.4. The molecular formula is C22H25ClN4O. The molecule has 146 valence electrons. The summed E-state index contributed by atoms with van der Waals surface area (Å²) in [6, 6.07) is 11.3. The Morgan fingerprint density at radius 2 is 1.93 bits per heavy atom. The van der Waals surface area contributed by atoms with Gasteiger partial charge in [0, 0.05) is 24.0 Å². The molecule has 0 unspecified atom stereocenters. The number of aromatic nitrogens is 3. The Balaban J connectivity index is 2.04. The lowest BCUT2D eigenvalue weighted by Crippen LogP contribution is -2.25. The smallest absolute Gasteiger partial charge is 0.255 e. The van der Waals surface area contributed by atoms with Crippen LogP contribution >= 0.6 is 11.6 Å². The van der Waals surface area contributed by atoms with Crippen LogP contribution in [0.15, 0.2) is 48.8 Å². The number of nitrogens with one attached hydrogen (secondary N) is 1. The lowest BCUT2D eigenvalue weighted by atomic mass is 9.98. The number of hydrogen-bond acceptors (Lipinski definition) is 3. The maximum atomic E-state index is 13.2. The van der Waals surface area contributed by atoms with Gasteiger partial charge in [-0.2, -0.15) is 5.10 Å². The molecule has 0 aliphatic rings. The second-order valence-electron chi connectivity index (χ2n) is 7.39. The second-order valence-corrected chi connectivity index (χ2v) is 7.83. The monoisotopic (exact) mass is 396 g/mol. The van der Waals surface area contributed by atoms with E-state index in [-0.39, 0.29) is 17.7 Å². The fourth-order valence-electron chi connectivity index (χ4n) is 3.20. The second kappa shape index (κ2) is 8.57. The Hall–Kier alpha value is -2.66. The quantitative estimate of drug-likeness (QED) is 0.630. The summed E-state index contributed by atoms with van der Waals surface area (Å²) in [6.45, 7) is 8.66. The minimum atomic E-state index is -0.121. The fraction of sp³-hybridized carbons (Fsp3) is 0.318. The van der Waals surface area contributed by atoms with Crippen LogP contribution in [0.2, 0.25) is 5.02 Å². The largest absolute Gasteiger partial charge is 0.348 e. The van der Waals surface area contributed by atoms with Gasteiger partial charge >= 0.3 is 0 Å². The third-order valence-electron chi connectivity index (χ3n) is 4.50. The SMILES string of the molecule is CC(C)c1nn(-c2cccc(Cl)c2)c(C(C)C)c1C(=O)NCc1cccnc1. The number of carbonyl (C=O) groups is 1. The molecule has 0 saturated heterocycles. The van der Waals surface area contributed by atoms with Crippen LogP contribution in [-0.2, 0) is 6.54 Å². The molecule has 0 fully saturated rings. The van der Waals surface area contributed by atoms with Gasteiger partial charge in [-0.3, -0.25) is 9.78 Å². The first kappa shape index (κ1) is 20.1. The van der Waals surface area contributed by atoms with E-state index in [9.17, 15) is 4.79 Å². The highest BCUT2D eigenvalue weighted by Crippen LogP contribution is 2.30. The summed E-state index contributed by atoms with van der Waals surface area (Å²) in [4.78, 5) is 17.3. The molecule has 1 aromatic carbocycles. The number of amides is 1. The molecule has 3 aromatic rings. The van der Waals surface area contributed by atoms with Crippen LogP contribution in [0.25, 0.3) is 5.69 Å². The number of benzene rings is 1. The Kier molecular flexibility index (Phi) is 6.15. The van der Waals surface area contributed by atoms with Crippen molar-refractivity contribution in [1.29, 1.82) is 0 Å². The van der Waals surface area contributed by atoms with E-state index in [1.54, 1.807) is 12.4 Å². The summed E-state index contributed by atoms with van der Waals surface area (Å²) in [6.07, 6.45) is 3.47. The van der Waals surface area contributed by atoms with Crippen LogP contribution in [0.1, 0.15) is 66.8 Å². The fourth-order valence-corrected chi connectivity index (χ4v) is 3.38. The highest BCUT2D eigenvalue weighted by Gasteiger charge is 2.27. The summed E-state index contributed by atoms with van der Waals surface area (Å²) in [5.41, 5.74) is 4.12. The van der Waals surface area contributed by atoms with Gasteiger partial charge in [-0.15, -0.1) is 0 Å². The molecule has 0 bridgehead atoms. The molecule has 0 aliphatic heterocycles. The number of nitrogens with zero attached hydrogens (tertiary/aromatic N) is 3. The highest BCUT2D eigenvalue weighted by molar-refractivity contribution is 6.30. The van der Waals surface area contributed by atoms with Crippen molar-refractivity contribution < 1.29 is 4.79 Å². The van der Waals surface area contributed by atoms with Gasteiger partial charge < -0.3 is 5.32 Å². The average molecular weight is 397 g/mol. The van der Waals surface area contributed by atoms with Crippen molar-refractivity contribution in [2.45, 2.75) is 46.1 Å². The van der Waals surface area contributed by atoms with E-state index in [2.05, 4.69) is 24.1 Å². The first-order valence-electron chi connectivity index (χ1n) is 9.44. The zero-order chi connectivity index (χ0) is 20.3. The van der Waals surface area contributed by atoms with Crippen molar-refractivity contribution >= 4 is 17.5 Å². The third-order valence-corrected chi connectivity index (χ3v) is 4.73. The molecule has 0 spiro atoms. The Bertz CT molecular complexity index is 964. The molecule has 0 saturated carbocycles. The van der Waals surface area contributed by atoms with Crippen LogP contribution in [0, 0.1) is 0 Å². The molecule has 0 radical (unpaired) electrons. The zero-order valence-electron chi connectivity index (χ0n) is 16.6. The maximum Gasteiger partial charge on any atom is 0.255 e. The van der Waals surface area contributed by atoms with Crippen molar-refractivity contribution in [2.24, 2.45) is 0 Å². The van der Waals surface area contributed by atoms with Crippen molar-refractivity contribution in [3.05, 3.63) is 76.3 Å². The van der Waals surface area contributed by atoms with E-state index >= 15 is 0 Å². The first-order chi connectivity index (χ1) is 13.4. The minimum absolute atomic E-state index is 0.108. The van der Waals surface area contributed by atoms with Crippen molar-refractivity contribution in [2.75, 3.05) is 0 Å². The van der Waals surface area contributed by atoms with Crippen LogP contribution in [0.3, 0.4) is 0 Å². The van der Waals surface area contributed by atoms with Crippen LogP contribution in [-0.4, -0.2) is 20.7 Å². The summed E-state index contributed by atoms with van der Waals surface area (Å²) >= 11 is 6.19. The van der Waals surface area contributed by atoms with E-state index in [4.69, 9.17) is 16.7 Å². The third kappa shape index (κ3) is 4.25. The molecule has 2 heterocycles. The minimum Gasteiger partial charge on any atom is -0.348 e. The highest BCUT2D eigenvalue weighted by atomic mass is 35.5. The number of carbonyl (C=O) groups excluding carboxylic acids is 1. The van der Waals surface area contributed by atoms with E-state index in [1.807, 2.05) is 54.9 Å². The van der Waals surface area contributed by atoms with E-state index in [0.29, 0.717) is 17.1 Å². The van der Waals surface area contributed by atoms with Crippen LogP contribution in [0.5, 0.6) is 0 Å². The molecule has 2 aromatic heterocycles. The van der Waals surface area contributed by atoms with E-state index < -0.39 is 0 Å². The Labute approximate surface area is 170 Å². The van der Waals surface area contributed by atoms with Crippen molar-refractivity contribution in [1.82, 2.24) is 20.1 Å². The molecule has 0 atom stereocenters. The maximum absolute atomic E-state index is 13.2. The molecule has 28 heavy (non-hydrogen) atoms. The van der Waals surface area contributed by atoms with Crippen LogP contribution in [0.4, 0.5) is 0 Å². The van der Waals surface area contributed by atoms with Gasteiger partial charge in [-0.25, -0.2) is 4.68 Å². The molecule has 3 rings (SSSR count). The molecule has 5 nitrogen and oxygen atoms in total. The molecule has 1 amide bonds. The number of hydrogen-bond donors (Lipinski definition) is 1. The summed E-state index contributed by atoms with van der Waals surface area (Å²) in [5, 5.41) is 8.46. The van der Waals surface area contributed by atoms with Gasteiger partial charge in [-0.1, -0.05) is 51.4 Å². The molecule has 0 aliphatic carbocycles. The van der Waals surface area contributed by atoms with Crippen LogP contribution < -0.4 is 5.32 Å². The van der Waals surface area contributed by atoms with Gasteiger partial charge in [0.05, 0.1) is 22.6 Å². The lowest BCUT2D eigenvalue weighted by molar-refractivity contribution is 0.0948. The topological polar surface area (TPSA) is 59.8 Å². The summed E-state index contributed by atoms with van der Waals surface area (Å²) < 4.78 is 1.85. The van der Waals surface area contributed by atoms with Crippen molar-refractivity contribution in [3.8, 4) is 5.69 Å². The summed E-state index contributed by atoms with van der Waals surface area (Å²) in [7, 11) is 0. The van der Waals surface area contributed by atoms with Gasteiger partial charge in [-0.05, 0) is 41.7 Å². The molecular weight excluding hydrogens is 372 g/mol. The Morgan fingerprint density at radius 1 is 1.14 bits per heavy atom. The predicted molar refractivity (Wildman–Crippen MR) is 112 cm³/mol. The van der Waals surface area contributed by atoms with Gasteiger partial charge in [0.15, 0.2) is 0 Å². The number of rotatable bonds is 6. The first-order valence-corrected chi connectivity index (χ1v) is 9.82. The summed E-state index contributed by atoms with van der Waals surface area (Å²) in [5.74, 6) is 0.0970. The Morgan fingerprint density at radius 3 is 2.54 bits per heavy atom. The normalized spacial score (nSPS) is 11.2. The number of halogens is 1. The number of pyridine rings is 1. The lowest BCUT2D eigenvalue weighted by Gasteiger charge is -2.14. The average Bonchev–Trinajstić information content (AvgIpc) is 3.08. The predicted octanol–water partition coefficient (Wildman–Crippen LogP) is 5.10. The van der Waals surface area contributed by atoms with Gasteiger partial charge in [0.25, 0.3) is 5.91 Å². The van der Waals surface area contributed by atoms with Gasteiger partial charge in [0.1, 0.15) is 0 Å². The molecule has 1 N–H and O–H groups in total.